The lowest BCUT2D eigenvalue weighted by Gasteiger charge is -2.32. The van der Waals surface area contributed by atoms with Gasteiger partial charge in [0.2, 0.25) is 11.8 Å². The molecule has 1 aromatic carbocycles. The van der Waals surface area contributed by atoms with Crippen LogP contribution in [0, 0.1) is 23.2 Å². The number of rotatable bonds is 4. The Morgan fingerprint density at radius 1 is 1.26 bits per heavy atom. The fourth-order valence-electron chi connectivity index (χ4n) is 2.77. The molecule has 0 saturated carbocycles. The highest BCUT2D eigenvalue weighted by Crippen LogP contribution is 2.21. The SMILES string of the molecule is CC(C)C(=O)N1CCC(C(=O)Nc2ccc(CC#N)cc2)CC1. The Morgan fingerprint density at radius 3 is 2.39 bits per heavy atom. The van der Waals surface area contributed by atoms with Gasteiger partial charge in [-0.1, -0.05) is 26.0 Å². The molecule has 2 amide bonds. The maximum absolute atomic E-state index is 12.3. The molecule has 0 unspecified atom stereocenters. The van der Waals surface area contributed by atoms with Crippen LogP contribution in [0.3, 0.4) is 0 Å². The van der Waals surface area contributed by atoms with E-state index in [0.29, 0.717) is 32.4 Å². The van der Waals surface area contributed by atoms with Gasteiger partial charge in [-0.15, -0.1) is 0 Å². The number of piperidine rings is 1. The lowest BCUT2D eigenvalue weighted by molar-refractivity contribution is -0.137. The molecule has 5 heteroatoms. The van der Waals surface area contributed by atoms with Gasteiger partial charge in [-0.25, -0.2) is 0 Å². The average Bonchev–Trinajstić information content (AvgIpc) is 2.56. The number of anilines is 1. The first kappa shape index (κ1) is 17.0. The largest absolute Gasteiger partial charge is 0.342 e. The van der Waals surface area contributed by atoms with E-state index in [2.05, 4.69) is 11.4 Å². The number of hydrogen-bond donors (Lipinski definition) is 1. The van der Waals surface area contributed by atoms with Crippen LogP contribution in [0.1, 0.15) is 32.3 Å². The predicted octanol–water partition coefficient (Wildman–Crippen LogP) is 2.59. The molecule has 1 aliphatic heterocycles. The smallest absolute Gasteiger partial charge is 0.227 e. The van der Waals surface area contributed by atoms with Crippen LogP contribution >= 0.6 is 0 Å². The number of hydrogen-bond acceptors (Lipinski definition) is 3. The van der Waals surface area contributed by atoms with Crippen molar-refractivity contribution in [3.63, 3.8) is 0 Å². The van der Waals surface area contributed by atoms with Crippen LogP contribution in [0.15, 0.2) is 24.3 Å². The van der Waals surface area contributed by atoms with Crippen molar-refractivity contribution in [2.45, 2.75) is 33.1 Å². The van der Waals surface area contributed by atoms with Gasteiger partial charge in [0, 0.05) is 30.6 Å². The number of likely N-dealkylation sites (tertiary alicyclic amines) is 1. The maximum atomic E-state index is 12.3. The van der Waals surface area contributed by atoms with Gasteiger partial charge in [0.1, 0.15) is 0 Å². The number of carbonyl (C=O) groups excluding carboxylic acids is 2. The topological polar surface area (TPSA) is 73.2 Å². The van der Waals surface area contributed by atoms with E-state index in [9.17, 15) is 9.59 Å². The average molecular weight is 313 g/mol. The Hall–Kier alpha value is -2.35. The molecule has 0 aromatic heterocycles. The first-order valence-corrected chi connectivity index (χ1v) is 8.06. The Morgan fingerprint density at radius 2 is 1.87 bits per heavy atom. The molecule has 0 atom stereocenters. The Labute approximate surface area is 137 Å². The van der Waals surface area contributed by atoms with Crippen LogP contribution in [-0.2, 0) is 16.0 Å². The highest BCUT2D eigenvalue weighted by Gasteiger charge is 2.28. The summed E-state index contributed by atoms with van der Waals surface area (Å²) in [5.41, 5.74) is 1.68. The van der Waals surface area contributed by atoms with Crippen molar-refractivity contribution in [1.29, 1.82) is 5.26 Å². The Kier molecular flexibility index (Phi) is 5.75. The third kappa shape index (κ3) is 4.56. The minimum absolute atomic E-state index is 0.00676. The van der Waals surface area contributed by atoms with E-state index in [-0.39, 0.29) is 23.7 Å². The highest BCUT2D eigenvalue weighted by molar-refractivity contribution is 5.92. The van der Waals surface area contributed by atoms with Crippen molar-refractivity contribution in [2.24, 2.45) is 11.8 Å². The van der Waals surface area contributed by atoms with Crippen LogP contribution < -0.4 is 5.32 Å². The number of nitrogens with zero attached hydrogens (tertiary/aromatic N) is 2. The Balaban J connectivity index is 1.85. The number of amides is 2. The summed E-state index contributed by atoms with van der Waals surface area (Å²) >= 11 is 0. The third-order valence-corrected chi connectivity index (χ3v) is 4.18. The fourth-order valence-corrected chi connectivity index (χ4v) is 2.77. The first-order valence-electron chi connectivity index (χ1n) is 8.06. The standard InChI is InChI=1S/C18H23N3O2/c1-13(2)18(23)21-11-8-15(9-12-21)17(22)20-16-5-3-14(4-6-16)7-10-19/h3-6,13,15H,7-9,11-12H2,1-2H3,(H,20,22). The molecule has 1 N–H and O–H groups in total. The normalized spacial score (nSPS) is 15.3. The monoisotopic (exact) mass is 313 g/mol. The molecule has 1 aliphatic rings. The van der Waals surface area contributed by atoms with Gasteiger partial charge in [0.05, 0.1) is 12.5 Å². The summed E-state index contributed by atoms with van der Waals surface area (Å²) in [5.74, 6) is 0.129. The molecule has 5 nitrogen and oxygen atoms in total. The van der Waals surface area contributed by atoms with E-state index in [0.717, 1.165) is 11.3 Å². The van der Waals surface area contributed by atoms with E-state index in [1.165, 1.54) is 0 Å². The van der Waals surface area contributed by atoms with Crippen molar-refractivity contribution < 1.29 is 9.59 Å². The molecule has 0 radical (unpaired) electrons. The van der Waals surface area contributed by atoms with E-state index in [4.69, 9.17) is 5.26 Å². The second-order valence-electron chi connectivity index (χ2n) is 6.28. The van der Waals surface area contributed by atoms with Crippen LogP contribution in [-0.4, -0.2) is 29.8 Å². The quantitative estimate of drug-likeness (QED) is 0.928. The van der Waals surface area contributed by atoms with E-state index in [1.54, 1.807) is 0 Å². The van der Waals surface area contributed by atoms with Crippen LogP contribution in [0.4, 0.5) is 5.69 Å². The van der Waals surface area contributed by atoms with Gasteiger partial charge in [-0.2, -0.15) is 5.26 Å². The van der Waals surface area contributed by atoms with Gasteiger partial charge in [-0.05, 0) is 30.5 Å². The predicted molar refractivity (Wildman–Crippen MR) is 88.5 cm³/mol. The Bertz CT molecular complexity index is 594. The first-order chi connectivity index (χ1) is 11.0. The molecule has 0 aliphatic carbocycles. The molecule has 122 valence electrons. The lowest BCUT2D eigenvalue weighted by Crippen LogP contribution is -2.43. The van der Waals surface area contributed by atoms with Gasteiger partial charge >= 0.3 is 0 Å². The van der Waals surface area contributed by atoms with Gasteiger partial charge in [0.25, 0.3) is 0 Å². The van der Waals surface area contributed by atoms with Gasteiger partial charge in [0.15, 0.2) is 0 Å². The summed E-state index contributed by atoms with van der Waals surface area (Å²) in [7, 11) is 0. The summed E-state index contributed by atoms with van der Waals surface area (Å²) < 4.78 is 0. The molecule has 1 saturated heterocycles. The minimum Gasteiger partial charge on any atom is -0.342 e. The summed E-state index contributed by atoms with van der Waals surface area (Å²) in [4.78, 5) is 26.1. The number of nitriles is 1. The zero-order valence-corrected chi connectivity index (χ0v) is 13.7. The van der Waals surface area contributed by atoms with Crippen molar-refractivity contribution in [2.75, 3.05) is 18.4 Å². The van der Waals surface area contributed by atoms with Crippen molar-refractivity contribution in [1.82, 2.24) is 4.90 Å². The number of nitrogens with one attached hydrogen (secondary N) is 1. The van der Waals surface area contributed by atoms with Crippen LogP contribution in [0.5, 0.6) is 0 Å². The third-order valence-electron chi connectivity index (χ3n) is 4.18. The van der Waals surface area contributed by atoms with Gasteiger partial charge < -0.3 is 10.2 Å². The molecular formula is C18H23N3O2. The molecule has 1 aromatic rings. The van der Waals surface area contributed by atoms with Crippen LogP contribution in [0.2, 0.25) is 0 Å². The molecule has 1 fully saturated rings. The molecule has 1 heterocycles. The van der Waals surface area contributed by atoms with Crippen molar-refractivity contribution in [3.05, 3.63) is 29.8 Å². The summed E-state index contributed by atoms with van der Waals surface area (Å²) in [6.07, 6.45) is 1.78. The zero-order valence-electron chi connectivity index (χ0n) is 13.7. The number of carbonyl (C=O) groups is 2. The van der Waals surface area contributed by atoms with Gasteiger partial charge in [-0.3, -0.25) is 9.59 Å². The minimum atomic E-state index is -0.0509. The summed E-state index contributed by atoms with van der Waals surface area (Å²) in [6.45, 7) is 5.10. The fraction of sp³-hybridized carbons (Fsp3) is 0.500. The zero-order chi connectivity index (χ0) is 16.8. The van der Waals surface area contributed by atoms with E-state index in [1.807, 2.05) is 43.0 Å². The maximum Gasteiger partial charge on any atom is 0.227 e. The molecule has 2 rings (SSSR count). The second kappa shape index (κ2) is 7.77. The molecule has 0 bridgehead atoms. The van der Waals surface area contributed by atoms with E-state index >= 15 is 0 Å². The lowest BCUT2D eigenvalue weighted by atomic mass is 9.95. The van der Waals surface area contributed by atoms with Crippen molar-refractivity contribution >= 4 is 17.5 Å². The van der Waals surface area contributed by atoms with Crippen LogP contribution in [0.25, 0.3) is 0 Å². The number of benzene rings is 1. The molecule has 0 spiro atoms. The summed E-state index contributed by atoms with van der Waals surface area (Å²) in [6, 6.07) is 9.44. The summed E-state index contributed by atoms with van der Waals surface area (Å²) in [5, 5.41) is 11.6. The molecular weight excluding hydrogens is 290 g/mol. The molecule has 23 heavy (non-hydrogen) atoms. The van der Waals surface area contributed by atoms with E-state index < -0.39 is 0 Å². The highest BCUT2D eigenvalue weighted by atomic mass is 16.2. The second-order valence-corrected chi connectivity index (χ2v) is 6.28. The van der Waals surface area contributed by atoms with Crippen molar-refractivity contribution in [3.8, 4) is 6.07 Å².